The van der Waals surface area contributed by atoms with Gasteiger partial charge in [-0.1, -0.05) is 136 Å². The Morgan fingerprint density at radius 2 is 0.605 bits per heavy atom. The highest BCUT2D eigenvalue weighted by Gasteiger charge is 2.71. The predicted molar refractivity (Wildman–Crippen MR) is 143 cm³/mol. The smallest absolute Gasteiger partial charge is 0.390 e. The Kier molecular flexibility index (Phi) is 20.1. The molecule has 0 fully saturated rings. The molecule has 0 unspecified atom stereocenters. The van der Waals surface area contributed by atoms with Gasteiger partial charge in [-0.3, -0.25) is 0 Å². The standard InChI is InChI=1S/C30H55F7O/c1-3-5-7-9-15-19-23-27(38,24-20-16-10-8-6-4-2)25-21-17-13-11-12-14-18-22-26-28(31,29(32,33)34)30(35,36)37/h38H,3-26H2,1-2H3. The monoisotopic (exact) mass is 564 g/mol. The van der Waals surface area contributed by atoms with E-state index in [0.717, 1.165) is 70.6 Å². The van der Waals surface area contributed by atoms with Crippen molar-refractivity contribution in [2.45, 2.75) is 192 Å². The van der Waals surface area contributed by atoms with Gasteiger partial charge in [0.15, 0.2) is 0 Å². The van der Waals surface area contributed by atoms with E-state index in [2.05, 4.69) is 13.8 Å². The first-order chi connectivity index (χ1) is 17.8. The molecule has 0 rings (SSSR count). The summed E-state index contributed by atoms with van der Waals surface area (Å²) >= 11 is 0. The molecular weight excluding hydrogens is 509 g/mol. The first-order valence-electron chi connectivity index (χ1n) is 15.4. The van der Waals surface area contributed by atoms with Crippen LogP contribution in [0, 0.1) is 0 Å². The number of halogens is 7. The van der Waals surface area contributed by atoms with Gasteiger partial charge < -0.3 is 5.11 Å². The minimum absolute atomic E-state index is 0.147. The lowest BCUT2D eigenvalue weighted by molar-refractivity contribution is -0.343. The molecular formula is C30H55F7O. The fourth-order valence-corrected chi connectivity index (χ4v) is 5.17. The highest BCUT2D eigenvalue weighted by Crippen LogP contribution is 2.49. The van der Waals surface area contributed by atoms with E-state index in [1.807, 2.05) is 0 Å². The molecule has 0 aliphatic carbocycles. The van der Waals surface area contributed by atoms with Gasteiger partial charge in [-0.2, -0.15) is 26.3 Å². The third kappa shape index (κ3) is 16.5. The van der Waals surface area contributed by atoms with E-state index in [9.17, 15) is 35.8 Å². The number of aliphatic hydroxyl groups is 1. The fourth-order valence-electron chi connectivity index (χ4n) is 5.17. The van der Waals surface area contributed by atoms with Crippen molar-refractivity contribution in [3.05, 3.63) is 0 Å². The van der Waals surface area contributed by atoms with Crippen molar-refractivity contribution in [1.82, 2.24) is 0 Å². The van der Waals surface area contributed by atoms with Crippen molar-refractivity contribution in [3.63, 3.8) is 0 Å². The van der Waals surface area contributed by atoms with Crippen LogP contribution in [0.15, 0.2) is 0 Å². The average Bonchev–Trinajstić information content (AvgIpc) is 2.83. The average molecular weight is 565 g/mol. The van der Waals surface area contributed by atoms with Crippen molar-refractivity contribution in [3.8, 4) is 0 Å². The molecule has 0 saturated carbocycles. The van der Waals surface area contributed by atoms with Crippen molar-refractivity contribution >= 4 is 0 Å². The Balaban J connectivity index is 4.21. The lowest BCUT2D eigenvalue weighted by atomic mass is 9.85. The van der Waals surface area contributed by atoms with Crippen molar-refractivity contribution in [2.75, 3.05) is 0 Å². The van der Waals surface area contributed by atoms with E-state index >= 15 is 0 Å². The number of unbranched alkanes of at least 4 members (excludes halogenated alkanes) is 17. The Morgan fingerprint density at radius 3 is 0.868 bits per heavy atom. The second kappa shape index (κ2) is 20.4. The molecule has 0 aliphatic rings. The maximum atomic E-state index is 13.6. The zero-order chi connectivity index (χ0) is 29.0. The van der Waals surface area contributed by atoms with Gasteiger partial charge in [0.05, 0.1) is 5.60 Å². The molecule has 0 spiro atoms. The fraction of sp³-hybridized carbons (Fsp3) is 1.00. The Labute approximate surface area is 227 Å². The second-order valence-corrected chi connectivity index (χ2v) is 11.4. The van der Waals surface area contributed by atoms with Gasteiger partial charge in [0.2, 0.25) is 0 Å². The van der Waals surface area contributed by atoms with Crippen LogP contribution in [0.5, 0.6) is 0 Å². The number of rotatable bonds is 25. The summed E-state index contributed by atoms with van der Waals surface area (Å²) in [6.45, 7) is 4.40. The number of hydrogen-bond acceptors (Lipinski definition) is 1. The van der Waals surface area contributed by atoms with E-state index in [1.165, 1.54) is 51.4 Å². The zero-order valence-corrected chi connectivity index (χ0v) is 24.1. The molecule has 0 aliphatic heterocycles. The van der Waals surface area contributed by atoms with Crippen molar-refractivity contribution in [2.24, 2.45) is 0 Å². The molecule has 1 nitrogen and oxygen atoms in total. The van der Waals surface area contributed by atoms with E-state index in [1.54, 1.807) is 0 Å². The Morgan fingerprint density at radius 1 is 0.368 bits per heavy atom. The van der Waals surface area contributed by atoms with E-state index < -0.39 is 36.5 Å². The van der Waals surface area contributed by atoms with Gasteiger partial charge in [0, 0.05) is 0 Å². The molecule has 0 saturated heterocycles. The lowest BCUT2D eigenvalue weighted by Gasteiger charge is -2.29. The summed E-state index contributed by atoms with van der Waals surface area (Å²) in [4.78, 5) is 0. The van der Waals surface area contributed by atoms with Gasteiger partial charge in [-0.05, 0) is 32.1 Å². The van der Waals surface area contributed by atoms with Crippen LogP contribution >= 0.6 is 0 Å². The van der Waals surface area contributed by atoms with E-state index in [4.69, 9.17) is 0 Å². The zero-order valence-electron chi connectivity index (χ0n) is 24.1. The molecule has 0 aromatic carbocycles. The summed E-state index contributed by atoms with van der Waals surface area (Å²) in [5, 5.41) is 11.3. The van der Waals surface area contributed by atoms with Crippen LogP contribution < -0.4 is 0 Å². The molecule has 230 valence electrons. The van der Waals surface area contributed by atoms with Gasteiger partial charge in [-0.25, -0.2) is 4.39 Å². The van der Waals surface area contributed by atoms with Crippen LogP contribution in [0.1, 0.15) is 168 Å². The van der Waals surface area contributed by atoms with Gasteiger partial charge >= 0.3 is 12.4 Å². The van der Waals surface area contributed by atoms with E-state index in [-0.39, 0.29) is 6.42 Å². The quantitative estimate of drug-likeness (QED) is 0.0864. The number of hydrogen-bond donors (Lipinski definition) is 1. The SMILES string of the molecule is CCCCCCCCC(O)(CCCCCCCC)CCCCCCCCCCC(F)(C(F)(F)F)C(F)(F)F. The summed E-state index contributed by atoms with van der Waals surface area (Å²) in [5.74, 6) is 0. The third-order valence-electron chi connectivity index (χ3n) is 7.80. The Hall–Kier alpha value is -0.530. The lowest BCUT2D eigenvalue weighted by Crippen LogP contribution is -2.53. The van der Waals surface area contributed by atoms with Gasteiger partial charge in [0.25, 0.3) is 5.67 Å². The second-order valence-electron chi connectivity index (χ2n) is 11.4. The Bertz CT molecular complexity index is 516. The van der Waals surface area contributed by atoms with Crippen molar-refractivity contribution in [1.29, 1.82) is 0 Å². The molecule has 1 N–H and O–H groups in total. The minimum atomic E-state index is -5.95. The molecule has 8 heteroatoms. The summed E-state index contributed by atoms with van der Waals surface area (Å²) in [6.07, 6.45) is 7.89. The topological polar surface area (TPSA) is 20.2 Å². The molecule has 0 heterocycles. The molecule has 0 atom stereocenters. The first kappa shape index (κ1) is 37.5. The molecule has 0 bridgehead atoms. The number of alkyl halides is 7. The maximum Gasteiger partial charge on any atom is 0.431 e. The first-order valence-corrected chi connectivity index (χ1v) is 15.4. The molecule has 0 amide bonds. The van der Waals surface area contributed by atoms with E-state index in [0.29, 0.717) is 12.8 Å². The largest absolute Gasteiger partial charge is 0.431 e. The van der Waals surface area contributed by atoms with Crippen LogP contribution in [0.3, 0.4) is 0 Å². The predicted octanol–water partition coefficient (Wildman–Crippen LogP) is 12.0. The maximum absolute atomic E-state index is 13.6. The normalized spacial score (nSPS) is 13.4. The molecule has 0 aromatic rings. The summed E-state index contributed by atoms with van der Waals surface area (Å²) in [6, 6.07) is 0. The third-order valence-corrected chi connectivity index (χ3v) is 7.80. The highest BCUT2D eigenvalue weighted by atomic mass is 19.4. The van der Waals surface area contributed by atoms with Crippen molar-refractivity contribution < 1.29 is 35.8 Å². The summed E-state index contributed by atoms with van der Waals surface area (Å²) < 4.78 is 89.1. The molecule has 0 radical (unpaired) electrons. The van der Waals surface area contributed by atoms with Crippen LogP contribution in [-0.2, 0) is 0 Å². The van der Waals surface area contributed by atoms with Crippen LogP contribution in [0.4, 0.5) is 30.7 Å². The van der Waals surface area contributed by atoms with Crippen LogP contribution in [0.2, 0.25) is 0 Å². The molecule has 0 aromatic heterocycles. The van der Waals surface area contributed by atoms with Gasteiger partial charge in [-0.15, -0.1) is 0 Å². The van der Waals surface area contributed by atoms with Crippen LogP contribution in [0.25, 0.3) is 0 Å². The van der Waals surface area contributed by atoms with Gasteiger partial charge in [0.1, 0.15) is 0 Å². The van der Waals surface area contributed by atoms with Crippen LogP contribution in [-0.4, -0.2) is 28.7 Å². The minimum Gasteiger partial charge on any atom is -0.390 e. The molecule has 38 heavy (non-hydrogen) atoms. The summed E-state index contributed by atoms with van der Waals surface area (Å²) in [7, 11) is 0. The summed E-state index contributed by atoms with van der Waals surface area (Å²) in [5.41, 5.74) is -5.73. The highest BCUT2D eigenvalue weighted by molar-refractivity contribution is 4.94.